The van der Waals surface area contributed by atoms with Crippen LogP contribution in [0.2, 0.25) is 0 Å². The Kier molecular flexibility index (Phi) is 2.54. The lowest BCUT2D eigenvalue weighted by Gasteiger charge is -2.20. The van der Waals surface area contributed by atoms with Gasteiger partial charge in [0.25, 0.3) is 0 Å². The molecule has 7 heavy (non-hydrogen) atoms. The molecule has 0 saturated heterocycles. The van der Waals surface area contributed by atoms with E-state index >= 15 is 0 Å². The van der Waals surface area contributed by atoms with E-state index in [2.05, 4.69) is 39.1 Å². The SMILES string of the molecule is CC(C)C(C)(S)S. The van der Waals surface area contributed by atoms with Crippen LogP contribution in [0.4, 0.5) is 0 Å². The maximum atomic E-state index is 4.21. The van der Waals surface area contributed by atoms with Crippen LogP contribution in [-0.4, -0.2) is 4.08 Å². The molecule has 0 atom stereocenters. The van der Waals surface area contributed by atoms with Gasteiger partial charge in [-0.1, -0.05) is 13.8 Å². The van der Waals surface area contributed by atoms with Crippen molar-refractivity contribution in [2.75, 3.05) is 0 Å². The van der Waals surface area contributed by atoms with E-state index in [0.717, 1.165) is 0 Å². The zero-order valence-corrected chi connectivity index (χ0v) is 6.76. The van der Waals surface area contributed by atoms with E-state index < -0.39 is 0 Å². The molecule has 0 unspecified atom stereocenters. The molecule has 44 valence electrons. The van der Waals surface area contributed by atoms with Crippen molar-refractivity contribution in [2.45, 2.75) is 24.9 Å². The Morgan fingerprint density at radius 1 is 1.29 bits per heavy atom. The molecule has 0 aromatic carbocycles. The molecule has 0 fully saturated rings. The maximum absolute atomic E-state index is 4.21. The Morgan fingerprint density at radius 3 is 1.43 bits per heavy atom. The highest BCUT2D eigenvalue weighted by Crippen LogP contribution is 2.27. The fraction of sp³-hybridized carbons (Fsp3) is 1.00. The van der Waals surface area contributed by atoms with Crippen molar-refractivity contribution < 1.29 is 0 Å². The van der Waals surface area contributed by atoms with Gasteiger partial charge in [0, 0.05) is 0 Å². The van der Waals surface area contributed by atoms with E-state index in [9.17, 15) is 0 Å². The molecule has 0 rings (SSSR count). The van der Waals surface area contributed by atoms with E-state index in [1.165, 1.54) is 0 Å². The van der Waals surface area contributed by atoms with Crippen LogP contribution in [0.15, 0.2) is 0 Å². The zero-order valence-electron chi connectivity index (χ0n) is 4.97. The number of hydrogen-bond donors (Lipinski definition) is 2. The minimum atomic E-state index is -0.111. The van der Waals surface area contributed by atoms with E-state index in [1.54, 1.807) is 0 Å². The standard InChI is InChI=1S/C5H12S2/c1-4(2)5(3,6)7/h4,6-7H,1-3H3. The number of thiol groups is 2. The molecule has 2 heteroatoms. The van der Waals surface area contributed by atoms with Crippen LogP contribution in [-0.2, 0) is 0 Å². The Morgan fingerprint density at radius 2 is 1.43 bits per heavy atom. The van der Waals surface area contributed by atoms with Crippen LogP contribution >= 0.6 is 25.3 Å². The summed E-state index contributed by atoms with van der Waals surface area (Å²) >= 11 is 8.43. The summed E-state index contributed by atoms with van der Waals surface area (Å²) < 4.78 is -0.111. The second-order valence-electron chi connectivity index (χ2n) is 2.25. The molecule has 0 aromatic rings. The summed E-state index contributed by atoms with van der Waals surface area (Å²) in [6, 6.07) is 0. The normalized spacial score (nSPS) is 12.9. The van der Waals surface area contributed by atoms with Crippen molar-refractivity contribution in [2.24, 2.45) is 5.92 Å². The number of hydrogen-bond acceptors (Lipinski definition) is 2. The molecule has 0 heterocycles. The van der Waals surface area contributed by atoms with E-state index in [-0.39, 0.29) is 4.08 Å². The second-order valence-corrected chi connectivity index (χ2v) is 4.46. The first-order valence-corrected chi connectivity index (χ1v) is 3.29. The summed E-state index contributed by atoms with van der Waals surface area (Å²) in [5.41, 5.74) is 0. The molecule has 0 aliphatic rings. The summed E-state index contributed by atoms with van der Waals surface area (Å²) in [6.45, 7) is 6.18. The fourth-order valence-corrected chi connectivity index (χ4v) is 0. The maximum Gasteiger partial charge on any atom is 0.0546 e. The van der Waals surface area contributed by atoms with Crippen LogP contribution in [0.1, 0.15) is 20.8 Å². The third-order valence-electron chi connectivity index (χ3n) is 1.09. The minimum Gasteiger partial charge on any atom is -0.162 e. The van der Waals surface area contributed by atoms with Crippen LogP contribution in [0, 0.1) is 5.92 Å². The molecule has 0 aliphatic carbocycles. The Labute approximate surface area is 56.5 Å². The molecular weight excluding hydrogens is 124 g/mol. The van der Waals surface area contributed by atoms with Crippen molar-refractivity contribution in [3.8, 4) is 0 Å². The predicted molar refractivity (Wildman–Crippen MR) is 41.2 cm³/mol. The highest BCUT2D eigenvalue weighted by Gasteiger charge is 2.16. The van der Waals surface area contributed by atoms with Gasteiger partial charge in [-0.05, 0) is 12.8 Å². The van der Waals surface area contributed by atoms with Crippen molar-refractivity contribution >= 4 is 25.3 Å². The van der Waals surface area contributed by atoms with Crippen molar-refractivity contribution in [1.29, 1.82) is 0 Å². The van der Waals surface area contributed by atoms with Gasteiger partial charge in [0.2, 0.25) is 0 Å². The lowest BCUT2D eigenvalue weighted by Crippen LogP contribution is -2.14. The molecule has 0 aromatic heterocycles. The molecule has 0 spiro atoms. The van der Waals surface area contributed by atoms with Crippen LogP contribution in [0.3, 0.4) is 0 Å². The third-order valence-corrected chi connectivity index (χ3v) is 2.13. The second kappa shape index (κ2) is 2.31. The van der Waals surface area contributed by atoms with E-state index in [4.69, 9.17) is 0 Å². The van der Waals surface area contributed by atoms with E-state index in [0.29, 0.717) is 5.92 Å². The van der Waals surface area contributed by atoms with Gasteiger partial charge in [-0.25, -0.2) is 0 Å². The summed E-state index contributed by atoms with van der Waals surface area (Å²) in [5.74, 6) is 0.527. The minimum absolute atomic E-state index is 0.111. The zero-order chi connectivity index (χ0) is 6.08. The van der Waals surface area contributed by atoms with Gasteiger partial charge in [-0.3, -0.25) is 0 Å². The number of rotatable bonds is 1. The van der Waals surface area contributed by atoms with Gasteiger partial charge in [0.05, 0.1) is 4.08 Å². The first-order valence-electron chi connectivity index (χ1n) is 2.39. The van der Waals surface area contributed by atoms with Crippen molar-refractivity contribution in [3.63, 3.8) is 0 Å². The van der Waals surface area contributed by atoms with Crippen LogP contribution < -0.4 is 0 Å². The van der Waals surface area contributed by atoms with Crippen molar-refractivity contribution in [3.05, 3.63) is 0 Å². The average molecular weight is 136 g/mol. The first kappa shape index (κ1) is 7.70. The van der Waals surface area contributed by atoms with E-state index in [1.807, 2.05) is 6.92 Å². The van der Waals surface area contributed by atoms with Crippen LogP contribution in [0.25, 0.3) is 0 Å². The molecule has 0 nitrogen and oxygen atoms in total. The Balaban J connectivity index is 3.54. The first-order chi connectivity index (χ1) is 2.94. The lowest BCUT2D eigenvalue weighted by molar-refractivity contribution is 0.611. The summed E-state index contributed by atoms with van der Waals surface area (Å²) in [5, 5.41) is 0. The van der Waals surface area contributed by atoms with Gasteiger partial charge in [-0.2, -0.15) is 25.3 Å². The topological polar surface area (TPSA) is 0 Å². The lowest BCUT2D eigenvalue weighted by atomic mass is 10.1. The van der Waals surface area contributed by atoms with Gasteiger partial charge < -0.3 is 0 Å². The predicted octanol–water partition coefficient (Wildman–Crippen LogP) is 2.22. The monoisotopic (exact) mass is 136 g/mol. The quantitative estimate of drug-likeness (QED) is 0.401. The van der Waals surface area contributed by atoms with Gasteiger partial charge in [0.15, 0.2) is 0 Å². The summed E-state index contributed by atoms with van der Waals surface area (Å²) in [6.07, 6.45) is 0. The highest BCUT2D eigenvalue weighted by atomic mass is 32.2. The largest absolute Gasteiger partial charge is 0.162 e. The highest BCUT2D eigenvalue weighted by molar-refractivity contribution is 8.00. The summed E-state index contributed by atoms with van der Waals surface area (Å²) in [7, 11) is 0. The Bertz CT molecular complexity index is 51.6. The van der Waals surface area contributed by atoms with Crippen molar-refractivity contribution in [1.82, 2.24) is 0 Å². The smallest absolute Gasteiger partial charge is 0.0546 e. The molecule has 0 aliphatic heterocycles. The molecule has 0 saturated carbocycles. The van der Waals surface area contributed by atoms with Gasteiger partial charge >= 0.3 is 0 Å². The van der Waals surface area contributed by atoms with Gasteiger partial charge in [0.1, 0.15) is 0 Å². The molecular formula is C5H12S2. The van der Waals surface area contributed by atoms with Gasteiger partial charge in [-0.15, -0.1) is 0 Å². The molecule has 0 radical (unpaired) electrons. The fourth-order valence-electron chi connectivity index (χ4n) is 0. The average Bonchev–Trinajstić information content (AvgIpc) is 1.31. The van der Waals surface area contributed by atoms with Crippen LogP contribution in [0.5, 0.6) is 0 Å². The summed E-state index contributed by atoms with van der Waals surface area (Å²) in [4.78, 5) is 0. The molecule has 0 N–H and O–H groups in total. The third kappa shape index (κ3) is 3.30. The molecule has 0 amide bonds. The Hall–Kier alpha value is 0.700. The molecule has 0 bridgehead atoms.